The number of nitrogens with zero attached hydrogens (tertiary/aromatic N) is 1. The van der Waals surface area contributed by atoms with Crippen LogP contribution in [-0.4, -0.2) is 29.7 Å². The molecular weight excluding hydrogens is 458 g/mol. The molecule has 0 aliphatic carbocycles. The van der Waals surface area contributed by atoms with Crippen molar-refractivity contribution in [1.29, 1.82) is 0 Å². The number of fused-ring (bicyclic) bond motifs is 1. The molecule has 3 nitrogen and oxygen atoms in total. The summed E-state index contributed by atoms with van der Waals surface area (Å²) < 4.78 is 0. The van der Waals surface area contributed by atoms with E-state index in [0.29, 0.717) is 17.3 Å². The smallest absolute Gasteiger partial charge is 0.0887 e. The van der Waals surface area contributed by atoms with Crippen molar-refractivity contribution in [3.63, 3.8) is 0 Å². The fourth-order valence-electron chi connectivity index (χ4n) is 6.91. The molecule has 0 aromatic heterocycles. The van der Waals surface area contributed by atoms with Crippen molar-refractivity contribution in [2.45, 2.75) is 46.8 Å². The van der Waals surface area contributed by atoms with Crippen LogP contribution in [0.4, 0.5) is 5.69 Å². The van der Waals surface area contributed by atoms with E-state index >= 15 is 0 Å². The summed E-state index contributed by atoms with van der Waals surface area (Å²) in [4.78, 5) is 4.08. The van der Waals surface area contributed by atoms with E-state index in [2.05, 4.69) is 131 Å². The first kappa shape index (κ1) is 22.2. The van der Waals surface area contributed by atoms with Crippen LogP contribution in [0.3, 0.4) is 0 Å². The molecule has 2 N–H and O–H groups in total. The van der Waals surface area contributed by atoms with E-state index in [0.717, 1.165) is 13.1 Å². The van der Waals surface area contributed by atoms with Crippen LogP contribution >= 0.6 is 11.8 Å². The quantitative estimate of drug-likeness (QED) is 0.304. The number of nitrogens with one attached hydrogen (secondary N) is 2. The number of para-hydroxylation sites is 1. The molecule has 0 radical (unpaired) electrons. The van der Waals surface area contributed by atoms with E-state index in [4.69, 9.17) is 0 Å². The zero-order chi connectivity index (χ0) is 24.0. The lowest BCUT2D eigenvalue weighted by Crippen LogP contribution is -2.48. The molecule has 3 heterocycles. The Kier molecular flexibility index (Phi) is 5.61. The lowest BCUT2D eigenvalue weighted by Gasteiger charge is -2.37. The zero-order valence-corrected chi connectivity index (χ0v) is 21.1. The normalized spacial score (nSPS) is 27.2. The maximum absolute atomic E-state index is 4.15. The molecule has 4 aromatic carbocycles. The number of hydrogen-bond acceptors (Lipinski definition) is 4. The number of thioether (sulfide) groups is 1. The molecule has 2 fully saturated rings. The highest BCUT2D eigenvalue weighted by molar-refractivity contribution is 7.99. The topological polar surface area (TPSA) is 27.3 Å². The SMILES string of the molecule is c1ccc(CN2CCC34c5ccccc5N[C@@H]3NC([C@@H](Sc3ccccc3)c3ccccc3)C24)cc1. The third-order valence-corrected chi connectivity index (χ3v) is 9.73. The van der Waals surface area contributed by atoms with Gasteiger partial charge in [-0.25, -0.2) is 0 Å². The Morgan fingerprint density at radius 1 is 0.806 bits per heavy atom. The first-order valence-corrected chi connectivity index (χ1v) is 13.9. The molecule has 3 unspecified atom stereocenters. The van der Waals surface area contributed by atoms with Crippen molar-refractivity contribution in [2.24, 2.45) is 0 Å². The van der Waals surface area contributed by atoms with Crippen molar-refractivity contribution in [2.75, 3.05) is 11.9 Å². The molecule has 36 heavy (non-hydrogen) atoms. The fraction of sp³-hybridized carbons (Fsp3) is 0.250. The second-order valence-electron chi connectivity index (χ2n) is 10.3. The van der Waals surface area contributed by atoms with E-state index in [1.165, 1.54) is 33.7 Å². The first-order valence-electron chi connectivity index (χ1n) is 13.0. The van der Waals surface area contributed by atoms with Gasteiger partial charge in [0.1, 0.15) is 0 Å². The second kappa shape index (κ2) is 9.11. The molecule has 2 saturated heterocycles. The minimum atomic E-state index is 0.0698. The minimum Gasteiger partial charge on any atom is -0.369 e. The van der Waals surface area contributed by atoms with Crippen LogP contribution in [0.2, 0.25) is 0 Å². The molecular formula is C32H31N3S. The van der Waals surface area contributed by atoms with Gasteiger partial charge in [-0.15, -0.1) is 11.8 Å². The maximum Gasteiger partial charge on any atom is 0.0887 e. The number of rotatable bonds is 6. The molecule has 0 amide bonds. The van der Waals surface area contributed by atoms with Crippen LogP contribution in [-0.2, 0) is 12.0 Å². The van der Waals surface area contributed by atoms with Gasteiger partial charge < -0.3 is 5.32 Å². The van der Waals surface area contributed by atoms with E-state index in [1.54, 1.807) is 0 Å². The summed E-state index contributed by atoms with van der Waals surface area (Å²) >= 11 is 2.00. The monoisotopic (exact) mass is 489 g/mol. The first-order chi connectivity index (χ1) is 17.8. The Balaban J connectivity index is 1.33. The van der Waals surface area contributed by atoms with E-state index in [1.807, 2.05) is 11.8 Å². The van der Waals surface area contributed by atoms with Crippen molar-refractivity contribution in [1.82, 2.24) is 10.2 Å². The number of likely N-dealkylation sites (tertiary alicyclic amines) is 1. The van der Waals surface area contributed by atoms with E-state index in [9.17, 15) is 0 Å². The van der Waals surface area contributed by atoms with Crippen LogP contribution in [0.1, 0.15) is 28.4 Å². The standard InChI is InChI=1S/C32H31N3S/c1-4-12-23(13-5-1)22-35-21-20-32-26-18-10-11-19-27(26)33-31(32)34-28(30(32)35)29(24-14-6-2-7-15-24)36-25-16-8-3-9-17-25/h1-19,28-31,33-34H,20-22H2/t28?,29-,30?,31+,32?/m0/s1. The van der Waals surface area contributed by atoms with Crippen LogP contribution < -0.4 is 10.6 Å². The maximum atomic E-state index is 4.15. The summed E-state index contributed by atoms with van der Waals surface area (Å²) in [5.74, 6) is 0. The van der Waals surface area contributed by atoms with Gasteiger partial charge in [-0.05, 0) is 47.9 Å². The Bertz CT molecular complexity index is 1330. The van der Waals surface area contributed by atoms with Gasteiger partial charge in [-0.2, -0.15) is 0 Å². The predicted octanol–water partition coefficient (Wildman–Crippen LogP) is 6.46. The molecule has 3 aliphatic rings. The van der Waals surface area contributed by atoms with Crippen LogP contribution in [0, 0.1) is 0 Å². The third-order valence-electron chi connectivity index (χ3n) is 8.37. The molecule has 4 heteroatoms. The van der Waals surface area contributed by atoms with Gasteiger partial charge in [0, 0.05) is 34.6 Å². The van der Waals surface area contributed by atoms with Gasteiger partial charge in [0.2, 0.25) is 0 Å². The largest absolute Gasteiger partial charge is 0.369 e. The fourth-order valence-corrected chi connectivity index (χ4v) is 8.19. The Labute approximate surface area is 217 Å². The van der Waals surface area contributed by atoms with E-state index in [-0.39, 0.29) is 11.6 Å². The van der Waals surface area contributed by atoms with Crippen molar-refractivity contribution in [3.8, 4) is 0 Å². The molecule has 1 spiro atoms. The summed E-state index contributed by atoms with van der Waals surface area (Å²) in [6, 6.07) is 42.7. The number of benzene rings is 4. The highest BCUT2D eigenvalue weighted by atomic mass is 32.2. The Morgan fingerprint density at radius 3 is 2.25 bits per heavy atom. The molecule has 5 atom stereocenters. The average molecular weight is 490 g/mol. The van der Waals surface area contributed by atoms with Crippen LogP contribution in [0.5, 0.6) is 0 Å². The van der Waals surface area contributed by atoms with Crippen LogP contribution in [0.15, 0.2) is 120 Å². The summed E-state index contributed by atoms with van der Waals surface area (Å²) in [5.41, 5.74) is 5.64. The summed E-state index contributed by atoms with van der Waals surface area (Å²) in [5, 5.41) is 8.35. The minimum absolute atomic E-state index is 0.0698. The van der Waals surface area contributed by atoms with Crippen LogP contribution in [0.25, 0.3) is 0 Å². The highest BCUT2D eigenvalue weighted by Gasteiger charge is 2.65. The Hall–Kier alpha value is -3.05. The third kappa shape index (κ3) is 3.59. The molecule has 3 aliphatic heterocycles. The molecule has 0 saturated carbocycles. The summed E-state index contributed by atoms with van der Waals surface area (Å²) in [6.45, 7) is 2.10. The van der Waals surface area contributed by atoms with Gasteiger partial charge >= 0.3 is 0 Å². The molecule has 7 rings (SSSR count). The molecule has 180 valence electrons. The molecule has 4 aromatic rings. The highest BCUT2D eigenvalue weighted by Crippen LogP contribution is 2.57. The predicted molar refractivity (Wildman–Crippen MR) is 149 cm³/mol. The lowest BCUT2D eigenvalue weighted by atomic mass is 9.73. The van der Waals surface area contributed by atoms with Gasteiger partial charge in [-0.3, -0.25) is 10.2 Å². The average Bonchev–Trinajstić information content (AvgIpc) is 3.56. The van der Waals surface area contributed by atoms with Crippen molar-refractivity contribution in [3.05, 3.63) is 132 Å². The number of hydrogen-bond donors (Lipinski definition) is 2. The van der Waals surface area contributed by atoms with Crippen molar-refractivity contribution >= 4 is 17.4 Å². The lowest BCUT2D eigenvalue weighted by molar-refractivity contribution is 0.197. The molecule has 0 bridgehead atoms. The van der Waals surface area contributed by atoms with Gasteiger partial charge in [0.15, 0.2) is 0 Å². The van der Waals surface area contributed by atoms with Crippen molar-refractivity contribution < 1.29 is 0 Å². The summed E-state index contributed by atoms with van der Waals surface area (Å²) in [7, 11) is 0. The van der Waals surface area contributed by atoms with Gasteiger partial charge in [0.05, 0.1) is 11.4 Å². The Morgan fingerprint density at radius 2 is 1.47 bits per heavy atom. The van der Waals surface area contributed by atoms with Gasteiger partial charge in [0.25, 0.3) is 0 Å². The van der Waals surface area contributed by atoms with Gasteiger partial charge in [-0.1, -0.05) is 97.1 Å². The summed E-state index contributed by atoms with van der Waals surface area (Å²) in [6.07, 6.45) is 1.41. The number of anilines is 1. The second-order valence-corrected chi connectivity index (χ2v) is 11.5. The van der Waals surface area contributed by atoms with E-state index < -0.39 is 0 Å². The zero-order valence-electron chi connectivity index (χ0n) is 20.3.